The number of unbranched alkanes of at least 4 members (excludes halogenated alkanes) is 3. The van der Waals surface area contributed by atoms with E-state index < -0.39 is 8.32 Å². The third-order valence-corrected chi connectivity index (χ3v) is 11.6. The Hall–Kier alpha value is -1.15. The zero-order valence-corrected chi connectivity index (χ0v) is 22.3. The van der Waals surface area contributed by atoms with Gasteiger partial charge in [-0.15, -0.1) is 0 Å². The van der Waals surface area contributed by atoms with E-state index >= 15 is 0 Å². The molecule has 1 saturated heterocycles. The van der Waals surface area contributed by atoms with Crippen molar-refractivity contribution in [3.05, 3.63) is 29.8 Å². The number of carbonyl (C=O) groups excluding carboxylic acids is 1. The topological polar surface area (TPSA) is 54.0 Å². The Bertz CT molecular complexity index is 706. The summed E-state index contributed by atoms with van der Waals surface area (Å²) in [4.78, 5) is 10.9. The van der Waals surface area contributed by atoms with Crippen LogP contribution < -0.4 is 5.19 Å². The van der Waals surface area contributed by atoms with Crippen LogP contribution in [0, 0.1) is 6.92 Å². The number of hydrogen-bond donors (Lipinski definition) is 0. The molecule has 32 heavy (non-hydrogen) atoms. The lowest BCUT2D eigenvalue weighted by molar-refractivity contribution is -0.141. The van der Waals surface area contributed by atoms with E-state index in [1.807, 2.05) is 7.11 Å². The van der Waals surface area contributed by atoms with Crippen molar-refractivity contribution in [1.29, 1.82) is 0 Å². The van der Waals surface area contributed by atoms with Crippen LogP contribution in [0.2, 0.25) is 18.4 Å². The third-order valence-electron chi connectivity index (χ3n) is 7.07. The van der Waals surface area contributed by atoms with Crippen molar-refractivity contribution in [2.75, 3.05) is 13.7 Å². The molecule has 1 aromatic rings. The van der Waals surface area contributed by atoms with Gasteiger partial charge >= 0.3 is 13.1 Å². The summed E-state index contributed by atoms with van der Waals surface area (Å²) in [6.45, 7) is 12.5. The molecule has 1 heterocycles. The summed E-state index contributed by atoms with van der Waals surface area (Å²) in [6.07, 6.45) is 6.17. The first-order chi connectivity index (χ1) is 15.0. The van der Waals surface area contributed by atoms with Crippen molar-refractivity contribution < 1.29 is 23.3 Å². The number of aryl methyl sites for hydroxylation is 1. The average Bonchev–Trinajstić information content (AvgIpc) is 2.92. The number of benzene rings is 1. The van der Waals surface area contributed by atoms with Gasteiger partial charge in [-0.2, -0.15) is 0 Å². The fourth-order valence-electron chi connectivity index (χ4n) is 4.31. The molecule has 0 aliphatic carbocycles. The highest BCUT2D eigenvalue weighted by atomic mass is 28.4. The van der Waals surface area contributed by atoms with Gasteiger partial charge in [-0.25, -0.2) is 0 Å². The van der Waals surface area contributed by atoms with Crippen molar-refractivity contribution in [3.63, 3.8) is 0 Å². The Morgan fingerprint density at radius 1 is 0.938 bits per heavy atom. The molecule has 0 saturated carbocycles. The van der Waals surface area contributed by atoms with E-state index in [0.717, 1.165) is 50.5 Å². The lowest BCUT2D eigenvalue weighted by Crippen LogP contribution is -2.50. The molecule has 1 aromatic carbocycles. The van der Waals surface area contributed by atoms with E-state index in [1.165, 1.54) is 17.7 Å². The summed E-state index contributed by atoms with van der Waals surface area (Å²) in [5.74, 6) is -0.197. The molecule has 0 N–H and O–H groups in total. The number of hydrogen-bond acceptors (Lipinski definition) is 5. The standard InChI is InChI=1S/C25H43BO5Si/c1-21-13-15-23(16-14-21)32(28-7,19-11-9-8-10-18-29-22(2)27)20-12-17-26-30-24(3,4)25(5,6)31-26/h13-16H,8-12,17-20H2,1-7H3. The van der Waals surface area contributed by atoms with Crippen LogP contribution in [0.3, 0.4) is 0 Å². The smallest absolute Gasteiger partial charge is 0.457 e. The Morgan fingerprint density at radius 3 is 2.06 bits per heavy atom. The Kier molecular flexibility index (Phi) is 10.0. The van der Waals surface area contributed by atoms with Crippen LogP contribution in [0.4, 0.5) is 0 Å². The maximum Gasteiger partial charge on any atom is 0.457 e. The molecular weight excluding hydrogens is 419 g/mol. The van der Waals surface area contributed by atoms with E-state index in [4.69, 9.17) is 18.5 Å². The lowest BCUT2D eigenvalue weighted by atomic mass is 9.83. The summed E-state index contributed by atoms with van der Waals surface area (Å²) < 4.78 is 23.8. The Morgan fingerprint density at radius 2 is 1.50 bits per heavy atom. The average molecular weight is 463 g/mol. The van der Waals surface area contributed by atoms with Gasteiger partial charge in [0.2, 0.25) is 8.32 Å². The van der Waals surface area contributed by atoms with E-state index in [1.54, 1.807) is 0 Å². The molecule has 1 fully saturated rings. The molecule has 0 spiro atoms. The van der Waals surface area contributed by atoms with Gasteiger partial charge in [0.25, 0.3) is 0 Å². The van der Waals surface area contributed by atoms with Gasteiger partial charge in [0, 0.05) is 14.0 Å². The number of esters is 1. The fraction of sp³-hybridized carbons (Fsp3) is 0.720. The molecule has 0 radical (unpaired) electrons. The summed E-state index contributed by atoms with van der Waals surface area (Å²) in [6, 6.07) is 11.1. The molecule has 180 valence electrons. The minimum Gasteiger partial charge on any atom is -0.466 e. The van der Waals surface area contributed by atoms with Crippen molar-refractivity contribution in [2.24, 2.45) is 0 Å². The fourth-order valence-corrected chi connectivity index (χ4v) is 8.15. The highest BCUT2D eigenvalue weighted by molar-refractivity contribution is 6.86. The first kappa shape index (κ1) is 27.1. The monoisotopic (exact) mass is 462 g/mol. The Labute approximate surface area is 196 Å². The molecule has 1 atom stereocenters. The SMILES string of the molecule is CO[Si](CCCCCCOC(C)=O)(CCCB1OC(C)(C)C(C)(C)O1)c1ccc(C)cc1. The van der Waals surface area contributed by atoms with Gasteiger partial charge in [0.05, 0.1) is 17.8 Å². The molecule has 1 aliphatic rings. The highest BCUT2D eigenvalue weighted by Crippen LogP contribution is 2.38. The van der Waals surface area contributed by atoms with Crippen LogP contribution in [0.1, 0.15) is 72.3 Å². The second kappa shape index (κ2) is 11.8. The summed E-state index contributed by atoms with van der Waals surface area (Å²) in [5, 5.41) is 1.37. The first-order valence-electron chi connectivity index (χ1n) is 12.1. The zero-order valence-electron chi connectivity index (χ0n) is 21.3. The number of ether oxygens (including phenoxy) is 1. The Balaban J connectivity index is 1.95. The molecule has 5 nitrogen and oxygen atoms in total. The normalized spacial score (nSPS) is 19.0. The zero-order chi connectivity index (χ0) is 23.8. The minimum atomic E-state index is -2.09. The van der Waals surface area contributed by atoms with Gasteiger partial charge in [-0.1, -0.05) is 55.5 Å². The van der Waals surface area contributed by atoms with Gasteiger partial charge in [-0.05, 0) is 64.6 Å². The summed E-state index contributed by atoms with van der Waals surface area (Å²) in [5.41, 5.74) is 0.711. The van der Waals surface area contributed by atoms with Crippen LogP contribution in [0.25, 0.3) is 0 Å². The predicted molar refractivity (Wildman–Crippen MR) is 134 cm³/mol. The van der Waals surface area contributed by atoms with Gasteiger partial charge in [-0.3, -0.25) is 4.79 Å². The molecule has 0 amide bonds. The van der Waals surface area contributed by atoms with Crippen molar-refractivity contribution in [3.8, 4) is 0 Å². The highest BCUT2D eigenvalue weighted by Gasteiger charge is 2.50. The van der Waals surface area contributed by atoms with E-state index in [-0.39, 0.29) is 24.3 Å². The van der Waals surface area contributed by atoms with Crippen molar-refractivity contribution >= 4 is 26.6 Å². The maximum absolute atomic E-state index is 10.9. The molecule has 0 aromatic heterocycles. The van der Waals surface area contributed by atoms with E-state index in [9.17, 15) is 4.79 Å². The molecule has 0 bridgehead atoms. The quantitative estimate of drug-likeness (QED) is 0.223. The summed E-state index contributed by atoms with van der Waals surface area (Å²) in [7, 11) is -0.354. The largest absolute Gasteiger partial charge is 0.466 e. The third kappa shape index (κ3) is 7.44. The van der Waals surface area contributed by atoms with Crippen molar-refractivity contribution in [1.82, 2.24) is 0 Å². The predicted octanol–water partition coefficient (Wildman–Crippen LogP) is 5.40. The molecular formula is C25H43BO5Si. The molecule has 1 aliphatic heterocycles. The maximum atomic E-state index is 10.9. The van der Waals surface area contributed by atoms with Gasteiger partial charge < -0.3 is 18.5 Å². The molecule has 7 heteroatoms. The molecule has 1 unspecified atom stereocenters. The van der Waals surface area contributed by atoms with Crippen LogP contribution in [0.5, 0.6) is 0 Å². The van der Waals surface area contributed by atoms with Crippen LogP contribution >= 0.6 is 0 Å². The van der Waals surface area contributed by atoms with Crippen molar-refractivity contribution in [2.45, 2.75) is 103 Å². The summed E-state index contributed by atoms with van der Waals surface area (Å²) >= 11 is 0. The van der Waals surface area contributed by atoms with Gasteiger partial charge in [0.15, 0.2) is 0 Å². The number of carbonyl (C=O) groups is 1. The minimum absolute atomic E-state index is 0.150. The first-order valence-corrected chi connectivity index (χ1v) is 14.4. The second-order valence-electron chi connectivity index (χ2n) is 10.1. The lowest BCUT2D eigenvalue weighted by Gasteiger charge is -2.32. The van der Waals surface area contributed by atoms with E-state index in [0.29, 0.717) is 6.61 Å². The second-order valence-corrected chi connectivity index (χ2v) is 14.1. The van der Waals surface area contributed by atoms with Crippen LogP contribution in [-0.2, 0) is 23.3 Å². The number of rotatable bonds is 13. The van der Waals surface area contributed by atoms with Crippen LogP contribution in [0.15, 0.2) is 24.3 Å². The molecule has 2 rings (SSSR count). The van der Waals surface area contributed by atoms with Gasteiger partial charge in [0.1, 0.15) is 0 Å². The van der Waals surface area contributed by atoms with Crippen LogP contribution in [-0.4, -0.2) is 46.3 Å². The van der Waals surface area contributed by atoms with E-state index in [2.05, 4.69) is 58.9 Å².